The summed E-state index contributed by atoms with van der Waals surface area (Å²) in [6.45, 7) is 3.10. The molecule has 0 saturated carbocycles. The third-order valence-corrected chi connectivity index (χ3v) is 3.64. The van der Waals surface area contributed by atoms with Crippen LogP contribution in [-0.4, -0.2) is 57.7 Å². The zero-order valence-electron chi connectivity index (χ0n) is 15.9. The van der Waals surface area contributed by atoms with Gasteiger partial charge < -0.3 is 20.5 Å². The molecule has 0 aliphatic heterocycles. The van der Waals surface area contributed by atoms with Gasteiger partial charge in [-0.15, -0.1) is 0 Å². The van der Waals surface area contributed by atoms with Crippen molar-refractivity contribution in [1.29, 1.82) is 0 Å². The topological polar surface area (TPSA) is 194 Å². The van der Waals surface area contributed by atoms with Gasteiger partial charge in [-0.25, -0.2) is 9.59 Å². The van der Waals surface area contributed by atoms with Crippen LogP contribution in [0.1, 0.15) is 24.3 Å². The van der Waals surface area contributed by atoms with Gasteiger partial charge >= 0.3 is 17.6 Å². The van der Waals surface area contributed by atoms with E-state index in [1.54, 1.807) is 6.92 Å². The number of allylic oxidation sites excluding steroid dienone is 2. The number of nitro groups is 1. The van der Waals surface area contributed by atoms with E-state index >= 15 is 0 Å². The average molecular weight is 419 g/mol. The fourth-order valence-electron chi connectivity index (χ4n) is 2.38. The highest BCUT2D eigenvalue weighted by molar-refractivity contribution is 6.48. The van der Waals surface area contributed by atoms with E-state index in [-0.39, 0.29) is 18.8 Å². The molecule has 0 amide bonds. The van der Waals surface area contributed by atoms with Crippen molar-refractivity contribution in [2.75, 3.05) is 24.3 Å². The molecule has 1 aliphatic carbocycles. The van der Waals surface area contributed by atoms with Crippen LogP contribution >= 0.6 is 0 Å². The third-order valence-electron chi connectivity index (χ3n) is 3.64. The molecule has 158 valence electrons. The molecule has 0 bridgehead atoms. The minimum atomic E-state index is -1.26. The van der Waals surface area contributed by atoms with Gasteiger partial charge in [0.1, 0.15) is 6.04 Å². The van der Waals surface area contributed by atoms with Gasteiger partial charge in [0.15, 0.2) is 0 Å². The number of ketones is 2. The molecule has 1 aromatic rings. The second kappa shape index (κ2) is 9.36. The van der Waals surface area contributed by atoms with E-state index in [2.05, 4.69) is 20.0 Å². The van der Waals surface area contributed by atoms with Crippen molar-refractivity contribution in [2.45, 2.75) is 19.9 Å². The van der Waals surface area contributed by atoms with Crippen molar-refractivity contribution in [1.82, 2.24) is 9.97 Å². The van der Waals surface area contributed by atoms with Gasteiger partial charge in [-0.2, -0.15) is 9.97 Å². The molecule has 0 fully saturated rings. The van der Waals surface area contributed by atoms with Gasteiger partial charge in [0.05, 0.1) is 18.1 Å². The molecular formula is C17H17N5O8. The maximum Gasteiger partial charge on any atom is 0.364 e. The van der Waals surface area contributed by atoms with E-state index in [4.69, 9.17) is 10.5 Å². The van der Waals surface area contributed by atoms with Crippen LogP contribution in [0.5, 0.6) is 0 Å². The maximum atomic E-state index is 12.3. The Labute approximate surface area is 169 Å². The SMILES string of the molecule is CCOC(=O)C=C1C=CC(Nc2nc(N)c([N+](=O)[O-])c(C(=O)OCC)n2)C(=O)C1=O. The summed E-state index contributed by atoms with van der Waals surface area (Å²) in [5.41, 5.74) is 3.83. The molecule has 0 spiro atoms. The predicted molar refractivity (Wildman–Crippen MR) is 100 cm³/mol. The van der Waals surface area contributed by atoms with Gasteiger partial charge in [-0.05, 0) is 13.8 Å². The minimum Gasteiger partial charge on any atom is -0.463 e. The molecule has 1 unspecified atom stereocenters. The zero-order chi connectivity index (χ0) is 22.4. The number of carbonyl (C=O) groups excluding carboxylic acids is 4. The van der Waals surface area contributed by atoms with Gasteiger partial charge in [0.2, 0.25) is 29.0 Å². The summed E-state index contributed by atoms with van der Waals surface area (Å²) < 4.78 is 9.41. The fraction of sp³-hybridized carbons (Fsp3) is 0.294. The summed E-state index contributed by atoms with van der Waals surface area (Å²) in [6.07, 6.45) is 3.36. The lowest BCUT2D eigenvalue weighted by Gasteiger charge is -2.18. The van der Waals surface area contributed by atoms with Gasteiger partial charge in [-0.3, -0.25) is 19.7 Å². The molecule has 13 heteroatoms. The van der Waals surface area contributed by atoms with Gasteiger partial charge in [0.25, 0.3) is 0 Å². The Hall–Kier alpha value is -4.16. The predicted octanol–water partition coefficient (Wildman–Crippen LogP) is 0.122. The number of esters is 2. The average Bonchev–Trinajstić information content (AvgIpc) is 2.67. The molecule has 1 aliphatic rings. The van der Waals surface area contributed by atoms with Crippen molar-refractivity contribution in [3.8, 4) is 0 Å². The summed E-state index contributed by atoms with van der Waals surface area (Å²) in [7, 11) is 0. The molecule has 1 atom stereocenters. The summed E-state index contributed by atoms with van der Waals surface area (Å²) in [4.78, 5) is 65.6. The number of nitrogens with one attached hydrogen (secondary N) is 1. The molecule has 3 N–H and O–H groups in total. The van der Waals surface area contributed by atoms with Crippen molar-refractivity contribution in [3.05, 3.63) is 39.6 Å². The first-order valence-corrected chi connectivity index (χ1v) is 8.60. The standard InChI is InChI=1S/C17H17N5O8/c1-3-29-10(23)7-8-5-6-9(14(25)13(8)24)19-17-20-11(16(26)30-4-2)12(22(27)28)15(18)21-17/h5-7,9H,3-4H2,1-2H3,(H3,18,19,20,21). The number of hydrogen-bond acceptors (Lipinski definition) is 12. The molecule has 2 rings (SSSR count). The number of aromatic nitrogens is 2. The van der Waals surface area contributed by atoms with Crippen LogP contribution < -0.4 is 11.1 Å². The second-order valence-corrected chi connectivity index (χ2v) is 5.63. The van der Waals surface area contributed by atoms with Crippen LogP contribution in [0.25, 0.3) is 0 Å². The third kappa shape index (κ3) is 4.81. The molecule has 30 heavy (non-hydrogen) atoms. The quantitative estimate of drug-likeness (QED) is 0.199. The Morgan fingerprint density at radius 2 is 1.93 bits per heavy atom. The first kappa shape index (κ1) is 22.1. The summed E-state index contributed by atoms with van der Waals surface area (Å²) in [5.74, 6) is -4.86. The molecule has 1 heterocycles. The lowest BCUT2D eigenvalue weighted by molar-refractivity contribution is -0.384. The number of nitrogen functional groups attached to an aromatic ring is 1. The smallest absolute Gasteiger partial charge is 0.364 e. The van der Waals surface area contributed by atoms with Crippen LogP contribution in [0.4, 0.5) is 17.5 Å². The van der Waals surface area contributed by atoms with Crippen molar-refractivity contribution in [3.63, 3.8) is 0 Å². The number of hydrogen-bond donors (Lipinski definition) is 2. The summed E-state index contributed by atoms with van der Waals surface area (Å²) in [6, 6.07) is -1.26. The molecule has 0 saturated heterocycles. The zero-order valence-corrected chi connectivity index (χ0v) is 15.9. The second-order valence-electron chi connectivity index (χ2n) is 5.63. The molecule has 0 radical (unpaired) electrons. The van der Waals surface area contributed by atoms with E-state index in [0.29, 0.717) is 0 Å². The number of anilines is 2. The first-order chi connectivity index (χ1) is 14.2. The Morgan fingerprint density at radius 1 is 1.27 bits per heavy atom. The van der Waals surface area contributed by atoms with Crippen LogP contribution in [0, 0.1) is 10.1 Å². The number of nitrogens with zero attached hydrogens (tertiary/aromatic N) is 3. The Morgan fingerprint density at radius 3 is 2.53 bits per heavy atom. The van der Waals surface area contributed by atoms with Crippen LogP contribution in [-0.2, 0) is 23.9 Å². The fourth-order valence-corrected chi connectivity index (χ4v) is 2.38. The molecule has 0 aromatic carbocycles. The minimum absolute atomic E-state index is 0.0728. The molecule has 1 aromatic heterocycles. The number of rotatable bonds is 7. The highest BCUT2D eigenvalue weighted by Gasteiger charge is 2.33. The highest BCUT2D eigenvalue weighted by Crippen LogP contribution is 2.26. The Balaban J connectivity index is 2.35. The monoisotopic (exact) mass is 419 g/mol. The number of nitrogens with two attached hydrogens (primary N) is 1. The van der Waals surface area contributed by atoms with E-state index < -0.39 is 57.6 Å². The lowest BCUT2D eigenvalue weighted by atomic mass is 9.95. The van der Waals surface area contributed by atoms with Crippen molar-refractivity contribution < 1.29 is 33.6 Å². The van der Waals surface area contributed by atoms with Crippen LogP contribution in [0.2, 0.25) is 0 Å². The van der Waals surface area contributed by atoms with E-state index in [1.807, 2.05) is 0 Å². The number of carbonyl (C=O) groups is 4. The molecule has 13 nitrogen and oxygen atoms in total. The molecular weight excluding hydrogens is 402 g/mol. The number of ether oxygens (including phenoxy) is 2. The van der Waals surface area contributed by atoms with E-state index in [1.165, 1.54) is 19.1 Å². The van der Waals surface area contributed by atoms with Crippen LogP contribution in [0.15, 0.2) is 23.8 Å². The summed E-state index contributed by atoms with van der Waals surface area (Å²) in [5, 5.41) is 13.7. The van der Waals surface area contributed by atoms with E-state index in [0.717, 1.165) is 6.08 Å². The van der Waals surface area contributed by atoms with E-state index in [9.17, 15) is 29.3 Å². The first-order valence-electron chi connectivity index (χ1n) is 8.60. The van der Waals surface area contributed by atoms with Gasteiger partial charge in [0, 0.05) is 11.6 Å². The summed E-state index contributed by atoms with van der Waals surface area (Å²) >= 11 is 0. The van der Waals surface area contributed by atoms with Crippen LogP contribution in [0.3, 0.4) is 0 Å². The largest absolute Gasteiger partial charge is 0.463 e. The van der Waals surface area contributed by atoms with Crippen molar-refractivity contribution >= 4 is 41.0 Å². The highest BCUT2D eigenvalue weighted by atomic mass is 16.6. The number of Topliss-reactive ketones (excluding diaryl/α,β-unsaturated/α-hetero) is 2. The van der Waals surface area contributed by atoms with Gasteiger partial charge in [-0.1, -0.05) is 12.2 Å². The maximum absolute atomic E-state index is 12.3. The normalized spacial score (nSPS) is 17.0. The Kier molecular flexibility index (Phi) is 6.90. The lowest BCUT2D eigenvalue weighted by Crippen LogP contribution is -2.37. The Bertz CT molecular complexity index is 985. The van der Waals surface area contributed by atoms with Crippen molar-refractivity contribution in [2.24, 2.45) is 0 Å².